The number of carboxylic acids is 1. The summed E-state index contributed by atoms with van der Waals surface area (Å²) < 4.78 is 5.15. The average Bonchev–Trinajstić information content (AvgIpc) is 3.29. The van der Waals surface area contributed by atoms with Gasteiger partial charge in [-0.05, 0) is 74.3 Å². The summed E-state index contributed by atoms with van der Waals surface area (Å²) in [6.07, 6.45) is 8.70. The highest BCUT2D eigenvalue weighted by Gasteiger charge is 2.62. The maximum atomic E-state index is 13.1. The van der Waals surface area contributed by atoms with Crippen LogP contribution in [0.25, 0.3) is 0 Å². The van der Waals surface area contributed by atoms with Gasteiger partial charge in [0.05, 0.1) is 19.3 Å². The molecule has 0 bridgehead atoms. The topological polar surface area (TPSA) is 223 Å². The second kappa shape index (κ2) is 14.7. The predicted octanol–water partition coefficient (Wildman–Crippen LogP) is 3.04. The molecular weight excluding hydrogens is 584 g/mol. The first-order chi connectivity index (χ1) is 20.7. The van der Waals surface area contributed by atoms with Crippen molar-refractivity contribution in [1.29, 1.82) is 0 Å². The molecule has 7 atom stereocenters. The number of aliphatic carboxylic acids is 1. The fraction of sp³-hybridized carbons (Fsp3) is 0.724. The van der Waals surface area contributed by atoms with Gasteiger partial charge in [-0.2, -0.15) is 0 Å². The summed E-state index contributed by atoms with van der Waals surface area (Å²) in [5.41, 5.74) is 0.397. The van der Waals surface area contributed by atoms with E-state index in [-0.39, 0.29) is 91.6 Å². The molecule has 244 valence electrons. The lowest BCUT2D eigenvalue weighted by Crippen LogP contribution is -2.56. The van der Waals surface area contributed by atoms with Crippen molar-refractivity contribution in [3.05, 3.63) is 44.0 Å². The van der Waals surface area contributed by atoms with Crippen LogP contribution in [-0.4, -0.2) is 69.8 Å². The zero-order valence-electron chi connectivity index (χ0n) is 24.9. The van der Waals surface area contributed by atoms with Crippen LogP contribution < -0.4 is 0 Å². The highest BCUT2D eigenvalue weighted by Crippen LogP contribution is 2.66. The Morgan fingerprint density at radius 3 is 2.27 bits per heavy atom. The number of hydrogen-bond donors (Lipinski definition) is 2. The van der Waals surface area contributed by atoms with Crippen LogP contribution >= 0.6 is 0 Å². The van der Waals surface area contributed by atoms with Gasteiger partial charge in [0.2, 0.25) is 0 Å². The first-order valence-electron chi connectivity index (χ1n) is 14.8. The predicted molar refractivity (Wildman–Crippen MR) is 149 cm³/mol. The number of rotatable bonds is 13. The summed E-state index contributed by atoms with van der Waals surface area (Å²) in [7, 11) is 0. The van der Waals surface area contributed by atoms with Crippen molar-refractivity contribution in [3.8, 4) is 0 Å². The number of nitrogens with zero attached hydrogens (tertiary/aromatic N) is 2. The van der Waals surface area contributed by atoms with Gasteiger partial charge in [0.1, 0.15) is 6.61 Å². The molecule has 0 aromatic carbocycles. The first-order valence-corrected chi connectivity index (χ1v) is 14.8. The number of Topliss-reactive ketones (excluding diaryl/α,β-unsaturated/α-hetero) is 1. The Labute approximate surface area is 253 Å². The minimum atomic E-state index is -0.980. The van der Waals surface area contributed by atoms with E-state index in [2.05, 4.69) is 23.5 Å². The minimum absolute atomic E-state index is 0.00689. The molecule has 0 aliphatic heterocycles. The molecule has 4 aliphatic carbocycles. The number of carbonyl (C=O) groups is 4. The highest BCUT2D eigenvalue weighted by atomic mass is 17.0. The second-order valence-corrected chi connectivity index (χ2v) is 12.3. The number of ketones is 2. The van der Waals surface area contributed by atoms with Crippen molar-refractivity contribution in [3.63, 3.8) is 0 Å². The number of carbonyl (C=O) groups excluding carboxylic acids is 3. The Balaban J connectivity index is 0.000000456. The molecule has 7 unspecified atom stereocenters. The number of fused-ring (bicyclic) bond motifs is 5. The summed E-state index contributed by atoms with van der Waals surface area (Å²) >= 11 is 0. The van der Waals surface area contributed by atoms with Crippen molar-refractivity contribution in [2.45, 2.75) is 77.7 Å². The molecule has 2 N–H and O–H groups in total. The third kappa shape index (κ3) is 8.18. The third-order valence-electron chi connectivity index (χ3n) is 9.71. The summed E-state index contributed by atoms with van der Waals surface area (Å²) in [5.74, 6) is -1.41. The number of aliphatic hydroxyl groups excluding tert-OH is 1. The van der Waals surface area contributed by atoms with Crippen LogP contribution in [0.3, 0.4) is 0 Å². The smallest absolute Gasteiger partial charge is 0.306 e. The second-order valence-electron chi connectivity index (χ2n) is 12.3. The Bertz CT molecular complexity index is 1180. The van der Waals surface area contributed by atoms with Crippen LogP contribution in [-0.2, 0) is 33.6 Å². The van der Waals surface area contributed by atoms with Gasteiger partial charge in [0, 0.05) is 30.1 Å². The molecular formula is C29H40N2O13. The van der Waals surface area contributed by atoms with E-state index in [4.69, 9.17) is 9.84 Å². The van der Waals surface area contributed by atoms with Crippen molar-refractivity contribution < 1.29 is 54.0 Å². The van der Waals surface area contributed by atoms with Crippen LogP contribution in [0.15, 0.2) is 23.8 Å². The van der Waals surface area contributed by atoms with E-state index in [1.807, 2.05) is 6.08 Å². The molecule has 0 amide bonds. The van der Waals surface area contributed by atoms with Crippen LogP contribution in [0.4, 0.5) is 0 Å². The SMILES string of the molecule is CC12C=CC(=O)C=C1CCC1C2C(O)CC2(C)C(C(=O)COC(=O)CCCO[N+](=O)[O-])CCC12.O=C(O)CCCO[N+](=O)[O-]. The van der Waals surface area contributed by atoms with Crippen LogP contribution in [0.5, 0.6) is 0 Å². The number of ether oxygens (including phenoxy) is 1. The van der Waals surface area contributed by atoms with E-state index in [1.165, 1.54) is 0 Å². The van der Waals surface area contributed by atoms with Crippen molar-refractivity contribution >= 4 is 23.5 Å². The van der Waals surface area contributed by atoms with Gasteiger partial charge in [-0.15, -0.1) is 20.2 Å². The van der Waals surface area contributed by atoms with Crippen LogP contribution in [0, 0.1) is 54.7 Å². The number of allylic oxidation sites excluding steroid dienone is 4. The van der Waals surface area contributed by atoms with Gasteiger partial charge in [-0.25, -0.2) is 0 Å². The van der Waals surface area contributed by atoms with Crippen molar-refractivity contribution in [2.75, 3.05) is 19.8 Å². The van der Waals surface area contributed by atoms with Crippen molar-refractivity contribution in [2.24, 2.45) is 34.5 Å². The fourth-order valence-electron chi connectivity index (χ4n) is 7.90. The molecule has 3 saturated carbocycles. The van der Waals surface area contributed by atoms with Crippen molar-refractivity contribution in [1.82, 2.24) is 0 Å². The Hall–Kier alpha value is -3.88. The van der Waals surface area contributed by atoms with E-state index in [1.54, 1.807) is 12.2 Å². The van der Waals surface area contributed by atoms with Crippen LogP contribution in [0.1, 0.15) is 71.6 Å². The maximum absolute atomic E-state index is 13.1. The molecule has 4 rings (SSSR count). The molecule has 15 heteroatoms. The first kappa shape index (κ1) is 34.6. The Morgan fingerprint density at radius 2 is 1.66 bits per heavy atom. The van der Waals surface area contributed by atoms with E-state index >= 15 is 0 Å². The molecule has 3 fully saturated rings. The van der Waals surface area contributed by atoms with E-state index in [0.717, 1.165) is 24.8 Å². The quantitative estimate of drug-likeness (QED) is 0.130. The fourth-order valence-corrected chi connectivity index (χ4v) is 7.90. The standard InChI is InChI=1S/C25H33NO8.C4H7NO5/c1-24-10-9-16(27)12-15(24)5-6-17-18-7-8-19(25(18,2)13-20(28)23(17)24)21(29)14-33-22(30)4-3-11-34-26(31)32;6-4(7)2-1-3-10-5(8)9/h9-10,12,17-20,23,28H,3-8,11,13-14H2,1-2H3;1-3H2,(H,6,7). The number of aliphatic hydroxyl groups is 1. The highest BCUT2D eigenvalue weighted by molar-refractivity contribution is 6.01. The Morgan fingerprint density at radius 1 is 1.02 bits per heavy atom. The normalized spacial score (nSPS) is 31.6. The summed E-state index contributed by atoms with van der Waals surface area (Å²) in [5, 5.41) is 37.2. The van der Waals surface area contributed by atoms with Gasteiger partial charge in [0.15, 0.2) is 11.6 Å². The molecule has 0 aromatic rings. The minimum Gasteiger partial charge on any atom is -0.481 e. The maximum Gasteiger partial charge on any atom is 0.306 e. The lowest BCUT2D eigenvalue weighted by atomic mass is 9.46. The summed E-state index contributed by atoms with van der Waals surface area (Å²) in [4.78, 5) is 74.4. The monoisotopic (exact) mass is 624 g/mol. The lowest BCUT2D eigenvalue weighted by Gasteiger charge is -2.58. The van der Waals surface area contributed by atoms with E-state index < -0.39 is 28.2 Å². The zero-order chi connectivity index (χ0) is 32.7. The molecule has 0 heterocycles. The molecule has 4 aliphatic rings. The summed E-state index contributed by atoms with van der Waals surface area (Å²) in [6.45, 7) is 3.55. The number of esters is 1. The van der Waals surface area contributed by atoms with Gasteiger partial charge < -0.3 is 24.6 Å². The number of hydrogen-bond acceptors (Lipinski definition) is 12. The van der Waals surface area contributed by atoms with Gasteiger partial charge in [-0.3, -0.25) is 19.2 Å². The molecule has 0 radical (unpaired) electrons. The van der Waals surface area contributed by atoms with Gasteiger partial charge in [0.25, 0.3) is 10.2 Å². The summed E-state index contributed by atoms with van der Waals surface area (Å²) in [6, 6.07) is 0. The number of carboxylic acid groups (broad SMARTS) is 1. The molecule has 0 saturated heterocycles. The molecule has 44 heavy (non-hydrogen) atoms. The molecule has 15 nitrogen and oxygen atoms in total. The lowest BCUT2D eigenvalue weighted by molar-refractivity contribution is -0.757. The third-order valence-corrected chi connectivity index (χ3v) is 9.71. The molecule has 0 aromatic heterocycles. The molecule has 0 spiro atoms. The van der Waals surface area contributed by atoms with Gasteiger partial charge in [-0.1, -0.05) is 25.5 Å². The zero-order valence-corrected chi connectivity index (χ0v) is 24.9. The van der Waals surface area contributed by atoms with E-state index in [9.17, 15) is 44.5 Å². The largest absolute Gasteiger partial charge is 0.481 e. The van der Waals surface area contributed by atoms with E-state index in [0.29, 0.717) is 12.8 Å². The van der Waals surface area contributed by atoms with Crippen LogP contribution in [0.2, 0.25) is 0 Å². The average molecular weight is 625 g/mol. The Kier molecular flexibility index (Phi) is 11.6. The van der Waals surface area contributed by atoms with Gasteiger partial charge >= 0.3 is 11.9 Å².